The molecule has 2 aromatic rings. The molecular formula is C19H20N2O2S. The summed E-state index contributed by atoms with van der Waals surface area (Å²) in [6, 6.07) is 14.6. The van der Waals surface area contributed by atoms with Gasteiger partial charge in [-0.05, 0) is 37.6 Å². The lowest BCUT2D eigenvalue weighted by atomic mass is 10.1. The van der Waals surface area contributed by atoms with Gasteiger partial charge in [-0.2, -0.15) is 0 Å². The van der Waals surface area contributed by atoms with E-state index < -0.39 is 6.04 Å². The second-order valence-electron chi connectivity index (χ2n) is 5.96. The quantitative estimate of drug-likeness (QED) is 0.931. The highest BCUT2D eigenvalue weighted by Gasteiger charge is 2.35. The van der Waals surface area contributed by atoms with Crippen molar-refractivity contribution in [3.8, 4) is 0 Å². The highest BCUT2D eigenvalue weighted by atomic mass is 32.2. The molecule has 0 bridgehead atoms. The van der Waals surface area contributed by atoms with Gasteiger partial charge < -0.3 is 10.2 Å². The molecule has 1 heterocycles. The Bertz CT molecular complexity index is 761. The van der Waals surface area contributed by atoms with Crippen LogP contribution in [0.15, 0.2) is 48.5 Å². The lowest BCUT2D eigenvalue weighted by molar-refractivity contribution is -0.119. The zero-order valence-corrected chi connectivity index (χ0v) is 14.6. The fourth-order valence-corrected chi connectivity index (χ4v) is 3.93. The molecule has 0 radical (unpaired) electrons. The van der Waals surface area contributed by atoms with Crippen LogP contribution in [0.5, 0.6) is 0 Å². The van der Waals surface area contributed by atoms with E-state index in [1.165, 1.54) is 0 Å². The van der Waals surface area contributed by atoms with Crippen molar-refractivity contribution in [3.05, 3.63) is 65.2 Å². The molecule has 3 rings (SSSR count). The molecule has 1 aliphatic heterocycles. The van der Waals surface area contributed by atoms with Gasteiger partial charge in [0.15, 0.2) is 0 Å². The van der Waals surface area contributed by atoms with E-state index in [4.69, 9.17) is 0 Å². The van der Waals surface area contributed by atoms with Gasteiger partial charge in [0.25, 0.3) is 5.91 Å². The van der Waals surface area contributed by atoms with E-state index in [-0.39, 0.29) is 11.8 Å². The Hall–Kier alpha value is -2.27. The summed E-state index contributed by atoms with van der Waals surface area (Å²) >= 11 is 1.60. The fourth-order valence-electron chi connectivity index (χ4n) is 2.78. The van der Waals surface area contributed by atoms with Gasteiger partial charge >= 0.3 is 0 Å². The first kappa shape index (κ1) is 16.6. The van der Waals surface area contributed by atoms with Gasteiger partial charge in [0.2, 0.25) is 5.91 Å². The first-order chi connectivity index (χ1) is 11.6. The van der Waals surface area contributed by atoms with Crippen molar-refractivity contribution in [1.82, 2.24) is 4.90 Å². The van der Waals surface area contributed by atoms with Crippen LogP contribution in [0, 0.1) is 13.8 Å². The minimum absolute atomic E-state index is 0.0959. The third kappa shape index (κ3) is 3.46. The number of nitrogens with one attached hydrogen (secondary N) is 1. The first-order valence-electron chi connectivity index (χ1n) is 7.88. The van der Waals surface area contributed by atoms with Crippen LogP contribution in [0.2, 0.25) is 0 Å². The van der Waals surface area contributed by atoms with Crippen molar-refractivity contribution in [1.29, 1.82) is 0 Å². The maximum atomic E-state index is 12.7. The molecular weight excluding hydrogens is 320 g/mol. The number of thioether (sulfide) groups is 1. The Morgan fingerprint density at radius 3 is 2.58 bits per heavy atom. The Labute approximate surface area is 146 Å². The monoisotopic (exact) mass is 340 g/mol. The molecule has 1 aliphatic rings. The van der Waals surface area contributed by atoms with Crippen LogP contribution in [0.25, 0.3) is 0 Å². The smallest absolute Gasteiger partial charge is 0.255 e. The molecule has 1 fully saturated rings. The van der Waals surface area contributed by atoms with E-state index in [0.717, 1.165) is 16.8 Å². The molecule has 5 heteroatoms. The molecule has 0 aromatic heterocycles. The maximum Gasteiger partial charge on any atom is 0.255 e. The number of carbonyl (C=O) groups is 2. The van der Waals surface area contributed by atoms with Crippen molar-refractivity contribution >= 4 is 29.3 Å². The molecule has 2 amide bonds. The average Bonchev–Trinajstić information content (AvgIpc) is 3.07. The summed E-state index contributed by atoms with van der Waals surface area (Å²) in [6.45, 7) is 3.99. The third-order valence-electron chi connectivity index (χ3n) is 4.11. The second kappa shape index (κ2) is 7.09. The van der Waals surface area contributed by atoms with Gasteiger partial charge in [-0.3, -0.25) is 9.59 Å². The molecule has 4 nitrogen and oxygen atoms in total. The Morgan fingerprint density at radius 2 is 1.88 bits per heavy atom. The number of benzene rings is 2. The van der Waals surface area contributed by atoms with Crippen LogP contribution in [0.3, 0.4) is 0 Å². The molecule has 24 heavy (non-hydrogen) atoms. The van der Waals surface area contributed by atoms with Crippen molar-refractivity contribution in [2.75, 3.05) is 16.9 Å². The number of aryl methyl sites for hydroxylation is 2. The van der Waals surface area contributed by atoms with Gasteiger partial charge in [0.05, 0.1) is 5.88 Å². The number of anilines is 1. The molecule has 1 atom stereocenters. The Balaban J connectivity index is 1.75. The zero-order valence-electron chi connectivity index (χ0n) is 13.8. The van der Waals surface area contributed by atoms with Crippen molar-refractivity contribution < 1.29 is 9.59 Å². The third-order valence-corrected chi connectivity index (χ3v) is 5.12. The summed E-state index contributed by atoms with van der Waals surface area (Å²) in [6.07, 6.45) is 0. The standard InChI is InChI=1S/C19H20N2O2S/c1-13-8-9-16(14(2)10-13)20-18(22)17-11-24-12-21(17)19(23)15-6-4-3-5-7-15/h3-10,17H,11-12H2,1-2H3,(H,20,22). The summed E-state index contributed by atoms with van der Waals surface area (Å²) in [5, 5.41) is 2.97. The van der Waals surface area contributed by atoms with Crippen LogP contribution >= 0.6 is 11.8 Å². The number of nitrogens with zero attached hydrogens (tertiary/aromatic N) is 1. The Kier molecular flexibility index (Phi) is 4.90. The van der Waals surface area contributed by atoms with Crippen LogP contribution in [-0.2, 0) is 4.79 Å². The minimum Gasteiger partial charge on any atom is -0.324 e. The van der Waals surface area contributed by atoms with Gasteiger partial charge in [-0.25, -0.2) is 0 Å². The second-order valence-corrected chi connectivity index (χ2v) is 6.96. The highest BCUT2D eigenvalue weighted by Crippen LogP contribution is 2.25. The van der Waals surface area contributed by atoms with Crippen LogP contribution in [0.1, 0.15) is 21.5 Å². The van der Waals surface area contributed by atoms with Crippen molar-refractivity contribution in [2.24, 2.45) is 0 Å². The van der Waals surface area contributed by atoms with E-state index in [1.54, 1.807) is 28.8 Å². The van der Waals surface area contributed by atoms with Gasteiger partial charge in [-0.1, -0.05) is 35.9 Å². The summed E-state index contributed by atoms with van der Waals surface area (Å²) in [7, 11) is 0. The number of carbonyl (C=O) groups excluding carboxylic acids is 2. The number of rotatable bonds is 3. The number of hydrogen-bond acceptors (Lipinski definition) is 3. The highest BCUT2D eigenvalue weighted by molar-refractivity contribution is 7.99. The first-order valence-corrected chi connectivity index (χ1v) is 9.03. The fraction of sp³-hybridized carbons (Fsp3) is 0.263. The zero-order chi connectivity index (χ0) is 17.1. The van der Waals surface area contributed by atoms with E-state index >= 15 is 0 Å². The number of hydrogen-bond donors (Lipinski definition) is 1. The lowest BCUT2D eigenvalue weighted by Gasteiger charge is -2.23. The molecule has 1 N–H and O–H groups in total. The molecule has 0 aliphatic carbocycles. The molecule has 2 aromatic carbocycles. The topological polar surface area (TPSA) is 49.4 Å². The molecule has 0 spiro atoms. The molecule has 124 valence electrons. The van der Waals surface area contributed by atoms with Crippen LogP contribution < -0.4 is 5.32 Å². The van der Waals surface area contributed by atoms with Gasteiger partial charge in [0, 0.05) is 17.0 Å². The summed E-state index contributed by atoms with van der Waals surface area (Å²) in [4.78, 5) is 27.0. The summed E-state index contributed by atoms with van der Waals surface area (Å²) in [5.74, 6) is 0.936. The normalized spacial score (nSPS) is 16.9. The minimum atomic E-state index is -0.441. The molecule has 1 unspecified atom stereocenters. The maximum absolute atomic E-state index is 12.7. The van der Waals surface area contributed by atoms with E-state index in [0.29, 0.717) is 17.2 Å². The summed E-state index contributed by atoms with van der Waals surface area (Å²) in [5.41, 5.74) is 3.59. The van der Waals surface area contributed by atoms with E-state index in [2.05, 4.69) is 5.32 Å². The predicted molar refractivity (Wildman–Crippen MR) is 98.3 cm³/mol. The van der Waals surface area contributed by atoms with Crippen molar-refractivity contribution in [3.63, 3.8) is 0 Å². The van der Waals surface area contributed by atoms with Crippen molar-refractivity contribution in [2.45, 2.75) is 19.9 Å². The lowest BCUT2D eigenvalue weighted by Crippen LogP contribution is -2.44. The van der Waals surface area contributed by atoms with Crippen LogP contribution in [-0.4, -0.2) is 34.4 Å². The predicted octanol–water partition coefficient (Wildman–Crippen LogP) is 3.46. The van der Waals surface area contributed by atoms with Gasteiger partial charge in [-0.15, -0.1) is 11.8 Å². The average molecular weight is 340 g/mol. The van der Waals surface area contributed by atoms with E-state index in [1.807, 2.05) is 50.2 Å². The molecule has 1 saturated heterocycles. The number of amides is 2. The summed E-state index contributed by atoms with van der Waals surface area (Å²) < 4.78 is 0. The largest absolute Gasteiger partial charge is 0.324 e. The SMILES string of the molecule is Cc1ccc(NC(=O)C2CSCN2C(=O)c2ccccc2)c(C)c1. The van der Waals surface area contributed by atoms with Gasteiger partial charge in [0.1, 0.15) is 6.04 Å². The molecule has 0 saturated carbocycles. The van der Waals surface area contributed by atoms with Crippen LogP contribution in [0.4, 0.5) is 5.69 Å². The van der Waals surface area contributed by atoms with E-state index in [9.17, 15) is 9.59 Å². The Morgan fingerprint density at radius 1 is 1.12 bits per heavy atom.